The van der Waals surface area contributed by atoms with Gasteiger partial charge in [-0.2, -0.15) is 0 Å². The van der Waals surface area contributed by atoms with Crippen LogP contribution in [-0.2, 0) is 0 Å². The van der Waals surface area contributed by atoms with Gasteiger partial charge in [0.2, 0.25) is 0 Å². The van der Waals surface area contributed by atoms with Crippen LogP contribution in [0.2, 0.25) is 0 Å². The summed E-state index contributed by atoms with van der Waals surface area (Å²) in [5.74, 6) is 0.615. The second-order valence-electron chi connectivity index (χ2n) is 4.65. The summed E-state index contributed by atoms with van der Waals surface area (Å²) < 4.78 is 23.9. The first-order chi connectivity index (χ1) is 10.2. The summed E-state index contributed by atoms with van der Waals surface area (Å²) in [5, 5.41) is 0. The molecule has 1 aliphatic rings. The molecule has 1 heterocycles. The third-order valence-corrected chi connectivity index (χ3v) is 3.37. The lowest BCUT2D eigenvalue weighted by molar-refractivity contribution is 0.0976. The number of fused-ring (bicyclic) bond motifs is 1. The Labute approximate surface area is 121 Å². The molecule has 0 fully saturated rings. The van der Waals surface area contributed by atoms with Crippen molar-refractivity contribution in [2.75, 3.05) is 25.2 Å². The summed E-state index contributed by atoms with van der Waals surface area (Å²) >= 11 is 0. The molecule has 2 aromatic carbocycles. The number of hydrogen-bond acceptors (Lipinski definition) is 3. The molecular formula is C16H14FNO3. The van der Waals surface area contributed by atoms with Gasteiger partial charge in [0.15, 0.2) is 0 Å². The Kier molecular flexibility index (Phi) is 3.48. The van der Waals surface area contributed by atoms with Crippen LogP contribution in [0.5, 0.6) is 11.5 Å². The van der Waals surface area contributed by atoms with E-state index in [4.69, 9.17) is 9.47 Å². The van der Waals surface area contributed by atoms with E-state index in [-0.39, 0.29) is 5.91 Å². The number of halogens is 1. The van der Waals surface area contributed by atoms with Crippen LogP contribution in [0, 0.1) is 5.82 Å². The zero-order valence-electron chi connectivity index (χ0n) is 11.5. The van der Waals surface area contributed by atoms with Gasteiger partial charge in [-0.05, 0) is 36.4 Å². The number of nitrogens with zero attached hydrogens (tertiary/aromatic N) is 1. The van der Waals surface area contributed by atoms with Crippen molar-refractivity contribution in [1.29, 1.82) is 0 Å². The Morgan fingerprint density at radius 2 is 2.00 bits per heavy atom. The van der Waals surface area contributed by atoms with Gasteiger partial charge in [0.25, 0.3) is 5.91 Å². The molecule has 0 aromatic heterocycles. The largest absolute Gasteiger partial charge is 0.497 e. The second kappa shape index (κ2) is 5.44. The van der Waals surface area contributed by atoms with Gasteiger partial charge in [-0.1, -0.05) is 0 Å². The number of rotatable bonds is 2. The van der Waals surface area contributed by atoms with Crippen molar-refractivity contribution in [1.82, 2.24) is 0 Å². The highest BCUT2D eigenvalue weighted by Gasteiger charge is 2.25. The van der Waals surface area contributed by atoms with Crippen LogP contribution in [0.3, 0.4) is 0 Å². The molecule has 0 saturated carbocycles. The van der Waals surface area contributed by atoms with Gasteiger partial charge in [0, 0.05) is 11.6 Å². The zero-order valence-corrected chi connectivity index (χ0v) is 11.5. The quantitative estimate of drug-likeness (QED) is 0.852. The number of hydrogen-bond donors (Lipinski definition) is 0. The molecule has 4 nitrogen and oxygen atoms in total. The van der Waals surface area contributed by atoms with Crippen LogP contribution in [0.15, 0.2) is 42.5 Å². The average molecular weight is 287 g/mol. The predicted molar refractivity (Wildman–Crippen MR) is 76.6 cm³/mol. The van der Waals surface area contributed by atoms with E-state index in [9.17, 15) is 9.18 Å². The minimum atomic E-state index is -0.396. The van der Waals surface area contributed by atoms with Crippen molar-refractivity contribution in [3.8, 4) is 11.5 Å². The zero-order chi connectivity index (χ0) is 14.8. The maximum absolute atomic E-state index is 13.4. The minimum absolute atomic E-state index is 0.187. The first-order valence-electron chi connectivity index (χ1n) is 6.57. The molecule has 1 amide bonds. The lowest BCUT2D eigenvalue weighted by Gasteiger charge is -2.29. The summed E-state index contributed by atoms with van der Waals surface area (Å²) in [6.45, 7) is 0.780. The fourth-order valence-corrected chi connectivity index (χ4v) is 2.29. The molecule has 0 spiro atoms. The van der Waals surface area contributed by atoms with Crippen molar-refractivity contribution in [2.45, 2.75) is 0 Å². The number of benzene rings is 2. The van der Waals surface area contributed by atoms with Crippen molar-refractivity contribution in [2.24, 2.45) is 0 Å². The maximum atomic E-state index is 13.4. The van der Waals surface area contributed by atoms with Crippen molar-refractivity contribution in [3.63, 3.8) is 0 Å². The Morgan fingerprint density at radius 3 is 2.71 bits per heavy atom. The first kappa shape index (κ1) is 13.4. The van der Waals surface area contributed by atoms with E-state index in [0.717, 1.165) is 0 Å². The second-order valence-corrected chi connectivity index (χ2v) is 4.65. The van der Waals surface area contributed by atoms with E-state index in [0.29, 0.717) is 35.9 Å². The molecule has 0 radical (unpaired) electrons. The molecule has 0 atom stereocenters. The van der Waals surface area contributed by atoms with Crippen molar-refractivity contribution < 1.29 is 18.7 Å². The molecule has 21 heavy (non-hydrogen) atoms. The fraction of sp³-hybridized carbons (Fsp3) is 0.188. The molecule has 0 N–H and O–H groups in total. The van der Waals surface area contributed by atoms with Crippen LogP contribution < -0.4 is 14.4 Å². The molecule has 0 unspecified atom stereocenters. The smallest absolute Gasteiger partial charge is 0.258 e. The topological polar surface area (TPSA) is 38.8 Å². The van der Waals surface area contributed by atoms with E-state index in [1.54, 1.807) is 31.4 Å². The van der Waals surface area contributed by atoms with Gasteiger partial charge >= 0.3 is 0 Å². The van der Waals surface area contributed by atoms with E-state index >= 15 is 0 Å². The summed E-state index contributed by atoms with van der Waals surface area (Å²) in [6, 6.07) is 11.0. The van der Waals surface area contributed by atoms with Gasteiger partial charge in [-0.15, -0.1) is 0 Å². The number of anilines is 1. The van der Waals surface area contributed by atoms with Gasteiger partial charge in [-0.3, -0.25) is 4.79 Å². The van der Waals surface area contributed by atoms with Crippen molar-refractivity contribution >= 4 is 11.6 Å². The highest BCUT2D eigenvalue weighted by Crippen LogP contribution is 2.33. The van der Waals surface area contributed by atoms with Crippen LogP contribution >= 0.6 is 0 Å². The first-order valence-corrected chi connectivity index (χ1v) is 6.57. The molecule has 0 bridgehead atoms. The van der Waals surface area contributed by atoms with Crippen LogP contribution in [0.1, 0.15) is 10.4 Å². The number of ether oxygens (including phenoxy) is 2. The molecule has 3 rings (SSSR count). The molecule has 1 aliphatic heterocycles. The summed E-state index contributed by atoms with van der Waals surface area (Å²) in [6.07, 6.45) is 0. The normalized spacial score (nSPS) is 13.3. The average Bonchev–Trinajstić information content (AvgIpc) is 2.53. The maximum Gasteiger partial charge on any atom is 0.258 e. The number of methoxy groups -OCH3 is 1. The lowest BCUT2D eigenvalue weighted by Crippen LogP contribution is -2.38. The van der Waals surface area contributed by atoms with Crippen LogP contribution in [0.4, 0.5) is 10.1 Å². The third kappa shape index (κ3) is 2.54. The minimum Gasteiger partial charge on any atom is -0.497 e. The Balaban J connectivity index is 1.93. The molecule has 0 aliphatic carbocycles. The third-order valence-electron chi connectivity index (χ3n) is 3.37. The molecular weight excluding hydrogens is 273 g/mol. The highest BCUT2D eigenvalue weighted by atomic mass is 19.1. The van der Waals surface area contributed by atoms with Gasteiger partial charge in [0.05, 0.1) is 19.3 Å². The lowest BCUT2D eigenvalue weighted by atomic mass is 10.1. The number of carbonyl (C=O) groups is 1. The van der Waals surface area contributed by atoms with Crippen molar-refractivity contribution in [3.05, 3.63) is 53.8 Å². The van der Waals surface area contributed by atoms with Crippen LogP contribution in [-0.4, -0.2) is 26.2 Å². The SMILES string of the molecule is COc1ccc(C(=O)N2CCOc3ccc(F)cc32)cc1. The molecule has 108 valence electrons. The number of carbonyl (C=O) groups excluding carboxylic acids is 1. The van der Waals surface area contributed by atoms with Gasteiger partial charge in [-0.25, -0.2) is 4.39 Å². The Morgan fingerprint density at radius 1 is 1.24 bits per heavy atom. The monoisotopic (exact) mass is 287 g/mol. The number of amides is 1. The standard InChI is InChI=1S/C16H14FNO3/c1-20-13-5-2-11(3-6-13)16(19)18-8-9-21-15-7-4-12(17)10-14(15)18/h2-7,10H,8-9H2,1H3. The predicted octanol–water partition coefficient (Wildman–Crippen LogP) is 2.87. The highest BCUT2D eigenvalue weighted by molar-refractivity contribution is 6.07. The summed E-state index contributed by atoms with van der Waals surface area (Å²) in [7, 11) is 1.57. The van der Waals surface area contributed by atoms with E-state index < -0.39 is 5.82 Å². The summed E-state index contributed by atoms with van der Waals surface area (Å²) in [4.78, 5) is 14.1. The molecule has 0 saturated heterocycles. The molecule has 5 heteroatoms. The van der Waals surface area contributed by atoms with E-state index in [2.05, 4.69) is 0 Å². The van der Waals surface area contributed by atoms with E-state index in [1.165, 1.54) is 23.1 Å². The van der Waals surface area contributed by atoms with Gasteiger partial charge < -0.3 is 14.4 Å². The Bertz CT molecular complexity index is 670. The fourth-order valence-electron chi connectivity index (χ4n) is 2.29. The summed E-state index contributed by atoms with van der Waals surface area (Å²) in [5.41, 5.74) is 0.981. The Hall–Kier alpha value is -2.56. The van der Waals surface area contributed by atoms with Gasteiger partial charge in [0.1, 0.15) is 23.9 Å². The molecule has 2 aromatic rings. The van der Waals surface area contributed by atoms with E-state index in [1.807, 2.05) is 0 Å². The van der Waals surface area contributed by atoms with Crippen LogP contribution in [0.25, 0.3) is 0 Å².